The van der Waals surface area contributed by atoms with Crippen molar-refractivity contribution in [1.29, 1.82) is 0 Å². The molecule has 0 bridgehead atoms. The SMILES string of the molecule is CCCC(=O)OCN(C(=O)Cc1ccccc1)C1=NN=C(CCCCc2ccc(NC(=O)Cc3ccccc3)nn2)C1. The van der Waals surface area contributed by atoms with E-state index in [9.17, 15) is 14.4 Å². The maximum Gasteiger partial charge on any atom is 0.307 e. The number of carbonyl (C=O) groups is 3. The van der Waals surface area contributed by atoms with Crippen LogP contribution in [0.5, 0.6) is 0 Å². The lowest BCUT2D eigenvalue weighted by atomic mass is 10.1. The molecule has 1 aliphatic heterocycles. The first-order valence-corrected chi connectivity index (χ1v) is 14.3. The fraction of sp³-hybridized carbons (Fsp3) is 0.344. The van der Waals surface area contributed by atoms with E-state index < -0.39 is 0 Å². The van der Waals surface area contributed by atoms with Gasteiger partial charge in [-0.3, -0.25) is 19.3 Å². The van der Waals surface area contributed by atoms with Crippen LogP contribution in [0.4, 0.5) is 5.82 Å². The highest BCUT2D eigenvalue weighted by Crippen LogP contribution is 2.16. The third kappa shape index (κ3) is 9.72. The quantitative estimate of drug-likeness (QED) is 0.167. The summed E-state index contributed by atoms with van der Waals surface area (Å²) in [6.07, 6.45) is 5.06. The minimum atomic E-state index is -0.347. The summed E-state index contributed by atoms with van der Waals surface area (Å²) in [5.74, 6) is 0.239. The lowest BCUT2D eigenvalue weighted by molar-refractivity contribution is -0.149. The van der Waals surface area contributed by atoms with E-state index in [1.165, 1.54) is 4.90 Å². The molecule has 0 spiro atoms. The average Bonchev–Trinajstić information content (AvgIpc) is 3.46. The molecular formula is C32H36N6O4. The van der Waals surface area contributed by atoms with Crippen molar-refractivity contribution in [1.82, 2.24) is 15.1 Å². The molecule has 0 saturated carbocycles. The van der Waals surface area contributed by atoms with E-state index in [2.05, 4.69) is 25.7 Å². The van der Waals surface area contributed by atoms with Crippen molar-refractivity contribution in [3.05, 3.63) is 89.6 Å². The van der Waals surface area contributed by atoms with Crippen molar-refractivity contribution in [3.8, 4) is 0 Å². The predicted octanol–water partition coefficient (Wildman–Crippen LogP) is 4.90. The second-order valence-electron chi connectivity index (χ2n) is 10.1. The van der Waals surface area contributed by atoms with E-state index in [0.29, 0.717) is 30.9 Å². The number of anilines is 1. The van der Waals surface area contributed by atoms with E-state index >= 15 is 0 Å². The summed E-state index contributed by atoms with van der Waals surface area (Å²) in [4.78, 5) is 38.8. The van der Waals surface area contributed by atoms with Gasteiger partial charge in [-0.1, -0.05) is 67.6 Å². The number of aromatic nitrogens is 2. The third-order valence-corrected chi connectivity index (χ3v) is 6.63. The third-order valence-electron chi connectivity index (χ3n) is 6.63. The Morgan fingerprint density at radius 3 is 2.19 bits per heavy atom. The number of aryl methyl sites for hydroxylation is 1. The molecule has 10 nitrogen and oxygen atoms in total. The fourth-order valence-corrected chi connectivity index (χ4v) is 4.40. The molecule has 2 heterocycles. The van der Waals surface area contributed by atoms with Gasteiger partial charge in [-0.25, -0.2) is 0 Å². The largest absolute Gasteiger partial charge is 0.444 e. The molecule has 218 valence electrons. The highest BCUT2D eigenvalue weighted by atomic mass is 16.5. The number of hydrogen-bond donors (Lipinski definition) is 1. The number of hydrogen-bond acceptors (Lipinski definition) is 8. The maximum atomic E-state index is 13.1. The summed E-state index contributed by atoms with van der Waals surface area (Å²) in [7, 11) is 0. The molecule has 2 aromatic carbocycles. The summed E-state index contributed by atoms with van der Waals surface area (Å²) in [5.41, 5.74) is 3.53. The van der Waals surface area contributed by atoms with E-state index in [1.54, 1.807) is 6.07 Å². The number of esters is 1. The Balaban J connectivity index is 1.20. The first-order valence-electron chi connectivity index (χ1n) is 14.3. The van der Waals surface area contributed by atoms with Crippen molar-refractivity contribution < 1.29 is 19.1 Å². The lowest BCUT2D eigenvalue weighted by Gasteiger charge is -2.22. The normalized spacial score (nSPS) is 12.3. The molecule has 0 saturated heterocycles. The Morgan fingerprint density at radius 1 is 0.833 bits per heavy atom. The molecule has 0 aliphatic carbocycles. The molecule has 0 fully saturated rings. The van der Waals surface area contributed by atoms with Gasteiger partial charge in [0.05, 0.1) is 18.5 Å². The number of amidine groups is 1. The minimum Gasteiger partial charge on any atom is -0.444 e. The average molecular weight is 569 g/mol. The fourth-order valence-electron chi connectivity index (χ4n) is 4.40. The van der Waals surface area contributed by atoms with Crippen LogP contribution >= 0.6 is 0 Å². The Bertz CT molecular complexity index is 1390. The summed E-state index contributed by atoms with van der Waals surface area (Å²) in [6, 6.07) is 22.6. The molecule has 2 amide bonds. The van der Waals surface area contributed by atoms with Gasteiger partial charge in [-0.2, -0.15) is 10.2 Å². The van der Waals surface area contributed by atoms with Crippen LogP contribution in [0.15, 0.2) is 83.0 Å². The highest BCUT2D eigenvalue weighted by Gasteiger charge is 2.25. The number of carbonyl (C=O) groups excluding carboxylic acids is 3. The van der Waals surface area contributed by atoms with Crippen molar-refractivity contribution >= 4 is 35.1 Å². The second-order valence-corrected chi connectivity index (χ2v) is 10.1. The highest BCUT2D eigenvalue weighted by molar-refractivity contribution is 6.11. The molecule has 1 aliphatic rings. The number of rotatable bonds is 14. The number of benzene rings is 2. The Kier molecular flexibility index (Phi) is 11.4. The van der Waals surface area contributed by atoms with Gasteiger partial charge in [0.15, 0.2) is 12.5 Å². The van der Waals surface area contributed by atoms with E-state index in [4.69, 9.17) is 4.74 Å². The Hall–Kier alpha value is -4.73. The zero-order valence-corrected chi connectivity index (χ0v) is 23.9. The number of unbranched alkanes of at least 4 members (excludes halogenated alkanes) is 1. The molecule has 10 heteroatoms. The smallest absolute Gasteiger partial charge is 0.307 e. The van der Waals surface area contributed by atoms with Crippen LogP contribution < -0.4 is 5.32 Å². The molecule has 1 N–H and O–H groups in total. The van der Waals surface area contributed by atoms with Crippen LogP contribution in [0, 0.1) is 0 Å². The topological polar surface area (TPSA) is 126 Å². The van der Waals surface area contributed by atoms with Gasteiger partial charge in [0, 0.05) is 18.6 Å². The summed E-state index contributed by atoms with van der Waals surface area (Å²) in [6.45, 7) is 1.73. The summed E-state index contributed by atoms with van der Waals surface area (Å²) in [5, 5.41) is 19.7. The van der Waals surface area contributed by atoms with Gasteiger partial charge in [0.2, 0.25) is 11.8 Å². The van der Waals surface area contributed by atoms with Crippen LogP contribution in [0.3, 0.4) is 0 Å². The second kappa shape index (κ2) is 15.9. The number of ether oxygens (including phenoxy) is 1. The van der Waals surface area contributed by atoms with Crippen LogP contribution in [-0.2, 0) is 38.4 Å². The van der Waals surface area contributed by atoms with E-state index in [0.717, 1.165) is 48.2 Å². The zero-order chi connectivity index (χ0) is 29.6. The van der Waals surface area contributed by atoms with E-state index in [1.807, 2.05) is 73.7 Å². The standard InChI is InChI=1S/C32H36N6O4/c1-2-11-32(41)42-23-38(31(40)21-25-14-7-4-8-15-25)29-22-27(35-37-29)17-10-9-16-26-18-19-28(36-34-26)33-30(39)20-24-12-5-3-6-13-24/h3-8,12-15,18-19H,2,9-11,16-17,20-23H2,1H3,(H,33,36,39). The predicted molar refractivity (Wildman–Crippen MR) is 161 cm³/mol. The molecule has 1 aromatic heterocycles. The van der Waals surface area contributed by atoms with E-state index in [-0.39, 0.29) is 37.4 Å². The molecule has 0 unspecified atom stereocenters. The molecule has 0 radical (unpaired) electrons. The van der Waals surface area contributed by atoms with Crippen molar-refractivity contribution in [2.75, 3.05) is 12.0 Å². The number of nitrogens with zero attached hydrogens (tertiary/aromatic N) is 5. The van der Waals surface area contributed by atoms with Crippen molar-refractivity contribution in [2.24, 2.45) is 10.2 Å². The van der Waals surface area contributed by atoms with Crippen LogP contribution in [0.2, 0.25) is 0 Å². The number of amides is 2. The molecule has 42 heavy (non-hydrogen) atoms. The van der Waals surface area contributed by atoms with Crippen LogP contribution in [-0.4, -0.2) is 51.2 Å². The van der Waals surface area contributed by atoms with Gasteiger partial charge in [-0.15, -0.1) is 10.2 Å². The minimum absolute atomic E-state index is 0.137. The first kappa shape index (κ1) is 30.2. The van der Waals surface area contributed by atoms with Crippen molar-refractivity contribution in [3.63, 3.8) is 0 Å². The summed E-state index contributed by atoms with van der Waals surface area (Å²) >= 11 is 0. The molecular weight excluding hydrogens is 532 g/mol. The van der Waals surface area contributed by atoms with Crippen molar-refractivity contribution in [2.45, 2.75) is 64.7 Å². The van der Waals surface area contributed by atoms with Gasteiger partial charge >= 0.3 is 5.97 Å². The Morgan fingerprint density at radius 2 is 1.52 bits per heavy atom. The zero-order valence-electron chi connectivity index (χ0n) is 23.9. The van der Waals surface area contributed by atoms with Gasteiger partial charge in [0.1, 0.15) is 5.84 Å². The lowest BCUT2D eigenvalue weighted by Crippen LogP contribution is -2.40. The van der Waals surface area contributed by atoms with Crippen LogP contribution in [0.1, 0.15) is 62.3 Å². The van der Waals surface area contributed by atoms with Gasteiger partial charge in [0.25, 0.3) is 0 Å². The Labute approximate surface area is 245 Å². The molecule has 0 atom stereocenters. The summed E-state index contributed by atoms with van der Waals surface area (Å²) < 4.78 is 5.35. The van der Waals surface area contributed by atoms with Gasteiger partial charge in [-0.05, 0) is 55.4 Å². The number of nitrogens with one attached hydrogen (secondary N) is 1. The van der Waals surface area contributed by atoms with Crippen LogP contribution in [0.25, 0.3) is 0 Å². The molecule has 3 aromatic rings. The molecule has 4 rings (SSSR count). The monoisotopic (exact) mass is 568 g/mol. The first-order chi connectivity index (χ1) is 20.5. The maximum absolute atomic E-state index is 13.1. The van der Waals surface area contributed by atoms with Gasteiger partial charge < -0.3 is 10.1 Å².